The van der Waals surface area contributed by atoms with Crippen LogP contribution in [0.4, 0.5) is 15.8 Å². The van der Waals surface area contributed by atoms with Gasteiger partial charge in [0.05, 0.1) is 12.1 Å². The van der Waals surface area contributed by atoms with E-state index in [0.717, 1.165) is 0 Å². The highest BCUT2D eigenvalue weighted by Gasteiger charge is 2.13. The summed E-state index contributed by atoms with van der Waals surface area (Å²) in [6.07, 6.45) is 0.0502. The number of nitrogen functional groups attached to an aromatic ring is 1. The maximum Gasteiger partial charge on any atom is 0.228 e. The topological polar surface area (TPSA) is 55.1 Å². The molecule has 0 aliphatic heterocycles. The third-order valence-electron chi connectivity index (χ3n) is 2.66. The molecular weight excluding hydrogens is 347 g/mol. The van der Waals surface area contributed by atoms with E-state index in [4.69, 9.17) is 17.3 Å². The Morgan fingerprint density at radius 3 is 2.70 bits per heavy atom. The van der Waals surface area contributed by atoms with Crippen LogP contribution in [0.25, 0.3) is 0 Å². The van der Waals surface area contributed by atoms with Crippen molar-refractivity contribution in [3.05, 3.63) is 57.3 Å². The number of rotatable bonds is 3. The Bertz CT molecular complexity index is 640. The molecule has 0 radical (unpaired) electrons. The second kappa shape index (κ2) is 6.24. The van der Waals surface area contributed by atoms with Gasteiger partial charge in [0.2, 0.25) is 5.91 Å². The monoisotopic (exact) mass is 356 g/mol. The van der Waals surface area contributed by atoms with Gasteiger partial charge in [-0.15, -0.1) is 0 Å². The first-order chi connectivity index (χ1) is 9.47. The molecule has 0 heterocycles. The first-order valence-electron chi connectivity index (χ1n) is 5.75. The van der Waals surface area contributed by atoms with Gasteiger partial charge in [-0.05, 0) is 23.8 Å². The second-order valence-electron chi connectivity index (χ2n) is 4.17. The van der Waals surface area contributed by atoms with Crippen LogP contribution in [0.5, 0.6) is 0 Å². The van der Waals surface area contributed by atoms with E-state index in [1.54, 1.807) is 24.3 Å². The van der Waals surface area contributed by atoms with E-state index in [2.05, 4.69) is 21.2 Å². The third-order valence-corrected chi connectivity index (χ3v) is 3.49. The molecule has 0 spiro atoms. The van der Waals surface area contributed by atoms with Gasteiger partial charge in [-0.25, -0.2) is 4.39 Å². The number of halogens is 3. The molecule has 3 N–H and O–H groups in total. The minimum absolute atomic E-state index is 0.0229. The number of carbonyl (C=O) groups excluding carboxylic acids is 1. The largest absolute Gasteiger partial charge is 0.397 e. The van der Waals surface area contributed by atoms with Crippen LogP contribution in [0, 0.1) is 5.82 Å². The van der Waals surface area contributed by atoms with Crippen LogP contribution in [0.3, 0.4) is 0 Å². The van der Waals surface area contributed by atoms with Crippen LogP contribution in [-0.2, 0) is 11.2 Å². The van der Waals surface area contributed by atoms with Crippen molar-refractivity contribution in [3.63, 3.8) is 0 Å². The summed E-state index contributed by atoms with van der Waals surface area (Å²) in [5, 5.41) is 2.96. The summed E-state index contributed by atoms with van der Waals surface area (Å²) in [5.41, 5.74) is 6.49. The summed E-state index contributed by atoms with van der Waals surface area (Å²) in [6.45, 7) is 0. The van der Waals surface area contributed by atoms with Gasteiger partial charge >= 0.3 is 0 Å². The molecule has 2 rings (SSSR count). The zero-order chi connectivity index (χ0) is 14.7. The van der Waals surface area contributed by atoms with Crippen molar-refractivity contribution in [2.75, 3.05) is 11.1 Å². The lowest BCUT2D eigenvalue weighted by Crippen LogP contribution is -2.16. The predicted molar refractivity (Wildman–Crippen MR) is 82.3 cm³/mol. The summed E-state index contributed by atoms with van der Waals surface area (Å²) in [4.78, 5) is 11.9. The average Bonchev–Trinajstić information content (AvgIpc) is 2.36. The fraction of sp³-hybridized carbons (Fsp3) is 0.0714. The molecule has 0 saturated carbocycles. The van der Waals surface area contributed by atoms with E-state index < -0.39 is 5.82 Å². The van der Waals surface area contributed by atoms with Crippen LogP contribution in [0.15, 0.2) is 40.9 Å². The smallest absolute Gasteiger partial charge is 0.228 e. The van der Waals surface area contributed by atoms with Gasteiger partial charge in [-0.1, -0.05) is 45.7 Å². The summed E-state index contributed by atoms with van der Waals surface area (Å²) in [7, 11) is 0. The van der Waals surface area contributed by atoms with Gasteiger partial charge in [-0.3, -0.25) is 4.79 Å². The highest BCUT2D eigenvalue weighted by Crippen LogP contribution is 2.27. The van der Waals surface area contributed by atoms with Gasteiger partial charge in [0.25, 0.3) is 0 Å². The zero-order valence-electron chi connectivity index (χ0n) is 10.3. The lowest BCUT2D eigenvalue weighted by Gasteiger charge is -2.10. The van der Waals surface area contributed by atoms with Crippen molar-refractivity contribution in [2.24, 2.45) is 0 Å². The summed E-state index contributed by atoms with van der Waals surface area (Å²) >= 11 is 9.10. The van der Waals surface area contributed by atoms with Crippen molar-refractivity contribution in [1.29, 1.82) is 0 Å². The van der Waals surface area contributed by atoms with E-state index in [9.17, 15) is 9.18 Å². The fourth-order valence-electron chi connectivity index (χ4n) is 1.72. The van der Waals surface area contributed by atoms with Gasteiger partial charge in [0.15, 0.2) is 0 Å². The van der Waals surface area contributed by atoms with Gasteiger partial charge < -0.3 is 11.1 Å². The average molecular weight is 358 g/mol. The Hall–Kier alpha value is -1.59. The Kier molecular flexibility index (Phi) is 4.62. The van der Waals surface area contributed by atoms with Gasteiger partial charge in [0, 0.05) is 9.50 Å². The van der Waals surface area contributed by atoms with Gasteiger partial charge in [0.1, 0.15) is 11.5 Å². The number of carbonyl (C=O) groups is 1. The Morgan fingerprint density at radius 2 is 2.05 bits per heavy atom. The van der Waals surface area contributed by atoms with Crippen LogP contribution in [-0.4, -0.2) is 5.91 Å². The van der Waals surface area contributed by atoms with E-state index in [1.807, 2.05) is 0 Å². The van der Waals surface area contributed by atoms with Crippen molar-refractivity contribution in [1.82, 2.24) is 0 Å². The van der Waals surface area contributed by atoms with Crippen molar-refractivity contribution >= 4 is 44.8 Å². The van der Waals surface area contributed by atoms with E-state index >= 15 is 0 Å². The fourth-order valence-corrected chi connectivity index (χ4v) is 2.37. The van der Waals surface area contributed by atoms with E-state index in [1.165, 1.54) is 12.1 Å². The number of amides is 1. The third kappa shape index (κ3) is 3.49. The molecule has 0 aromatic heterocycles. The Balaban J connectivity index is 2.15. The molecule has 2 aromatic rings. The summed E-state index contributed by atoms with van der Waals surface area (Å²) in [5.74, 6) is -0.976. The van der Waals surface area contributed by atoms with E-state index in [0.29, 0.717) is 15.1 Å². The quantitative estimate of drug-likeness (QED) is 0.816. The summed E-state index contributed by atoms with van der Waals surface area (Å²) in [6, 6.07) is 9.75. The number of nitrogens with two attached hydrogens (primary N) is 1. The molecule has 0 atom stereocenters. The molecule has 0 unspecified atom stereocenters. The molecular formula is C14H11BrClFN2O. The SMILES string of the molecule is Nc1cc(Br)cc(F)c1NC(=O)Cc1ccccc1Cl. The first kappa shape index (κ1) is 14.8. The van der Waals surface area contributed by atoms with Gasteiger partial charge in [-0.2, -0.15) is 0 Å². The predicted octanol–water partition coefficient (Wildman–Crippen LogP) is 4.01. The molecule has 3 nitrogen and oxygen atoms in total. The van der Waals surface area contributed by atoms with Crippen molar-refractivity contribution in [2.45, 2.75) is 6.42 Å². The number of anilines is 2. The lowest BCUT2D eigenvalue weighted by atomic mass is 10.1. The highest BCUT2D eigenvalue weighted by atomic mass is 79.9. The van der Waals surface area contributed by atoms with E-state index in [-0.39, 0.29) is 23.7 Å². The molecule has 1 amide bonds. The number of nitrogens with one attached hydrogen (secondary N) is 1. The maximum atomic E-state index is 13.7. The molecule has 20 heavy (non-hydrogen) atoms. The molecule has 0 bridgehead atoms. The van der Waals surface area contributed by atoms with Crippen molar-refractivity contribution in [3.8, 4) is 0 Å². The van der Waals surface area contributed by atoms with Crippen LogP contribution < -0.4 is 11.1 Å². The molecule has 6 heteroatoms. The van der Waals surface area contributed by atoms with Crippen molar-refractivity contribution < 1.29 is 9.18 Å². The molecule has 2 aromatic carbocycles. The highest BCUT2D eigenvalue weighted by molar-refractivity contribution is 9.10. The standard InChI is InChI=1S/C14H11BrClFN2O/c15-9-6-11(17)14(12(18)7-9)19-13(20)5-8-3-1-2-4-10(8)16/h1-4,6-7H,5,18H2,(H,19,20). The second-order valence-corrected chi connectivity index (χ2v) is 5.49. The normalized spacial score (nSPS) is 10.3. The lowest BCUT2D eigenvalue weighted by molar-refractivity contribution is -0.115. The first-order valence-corrected chi connectivity index (χ1v) is 6.92. The minimum atomic E-state index is -0.593. The molecule has 0 saturated heterocycles. The number of hydrogen-bond donors (Lipinski definition) is 2. The number of benzene rings is 2. The van der Waals surface area contributed by atoms with Crippen LogP contribution in [0.1, 0.15) is 5.56 Å². The van der Waals surface area contributed by atoms with Crippen LogP contribution >= 0.6 is 27.5 Å². The molecule has 0 aliphatic rings. The maximum absolute atomic E-state index is 13.7. The zero-order valence-corrected chi connectivity index (χ0v) is 12.6. The molecule has 0 fully saturated rings. The minimum Gasteiger partial charge on any atom is -0.397 e. The Morgan fingerprint density at radius 1 is 1.35 bits per heavy atom. The number of hydrogen-bond acceptors (Lipinski definition) is 2. The Labute approximate surface area is 129 Å². The summed E-state index contributed by atoms with van der Waals surface area (Å²) < 4.78 is 14.2. The van der Waals surface area contributed by atoms with Crippen LogP contribution in [0.2, 0.25) is 5.02 Å². The molecule has 0 aliphatic carbocycles. The molecule has 104 valence electrons.